The van der Waals surface area contributed by atoms with E-state index in [9.17, 15) is 4.39 Å². The minimum atomic E-state index is -0.392. The van der Waals surface area contributed by atoms with E-state index in [4.69, 9.17) is 10.5 Å². The molecular formula is C12H14FN5O. The largest absolute Gasteiger partial charge is 0.399 e. The van der Waals surface area contributed by atoms with Crippen LogP contribution in [0, 0.1) is 5.82 Å². The number of nitrogen functional groups attached to an aromatic ring is 1. The maximum atomic E-state index is 13.9. The number of rotatable bonds is 2. The first kappa shape index (κ1) is 12.0. The molecule has 0 amide bonds. The van der Waals surface area contributed by atoms with E-state index in [1.54, 1.807) is 4.68 Å². The van der Waals surface area contributed by atoms with Gasteiger partial charge in [-0.15, -0.1) is 5.10 Å². The summed E-state index contributed by atoms with van der Waals surface area (Å²) in [5, 5.41) is 11.5. The second-order valence-corrected chi connectivity index (χ2v) is 4.62. The van der Waals surface area contributed by atoms with Gasteiger partial charge in [0.05, 0.1) is 17.7 Å². The van der Waals surface area contributed by atoms with Crippen LogP contribution in [-0.2, 0) is 4.74 Å². The Labute approximate surface area is 109 Å². The van der Waals surface area contributed by atoms with Crippen LogP contribution in [0.4, 0.5) is 10.1 Å². The second-order valence-electron chi connectivity index (χ2n) is 4.62. The van der Waals surface area contributed by atoms with Crippen LogP contribution in [0.3, 0.4) is 0 Å². The molecule has 2 aromatic rings. The molecule has 2 heterocycles. The molecule has 19 heavy (non-hydrogen) atoms. The Balaban J connectivity index is 2.06. The van der Waals surface area contributed by atoms with Crippen molar-refractivity contribution in [2.75, 3.05) is 12.3 Å². The highest BCUT2D eigenvalue weighted by Crippen LogP contribution is 2.30. The van der Waals surface area contributed by atoms with Crippen molar-refractivity contribution in [3.05, 3.63) is 24.0 Å². The van der Waals surface area contributed by atoms with Crippen LogP contribution in [-0.4, -0.2) is 32.9 Å². The Hall–Kier alpha value is -2.02. The monoisotopic (exact) mass is 263 g/mol. The summed E-state index contributed by atoms with van der Waals surface area (Å²) in [4.78, 5) is 0. The first-order chi connectivity index (χ1) is 9.16. The van der Waals surface area contributed by atoms with Gasteiger partial charge in [-0.2, -0.15) is 0 Å². The number of anilines is 1. The molecule has 2 atom stereocenters. The van der Waals surface area contributed by atoms with Crippen molar-refractivity contribution in [3.63, 3.8) is 0 Å². The predicted molar refractivity (Wildman–Crippen MR) is 66.7 cm³/mol. The molecule has 1 aromatic carbocycles. The number of hydrogen-bond acceptors (Lipinski definition) is 5. The molecule has 1 aliphatic heterocycles. The molecule has 0 spiro atoms. The van der Waals surface area contributed by atoms with E-state index < -0.39 is 5.82 Å². The third kappa shape index (κ3) is 2.06. The van der Waals surface area contributed by atoms with Crippen molar-refractivity contribution in [2.45, 2.75) is 25.5 Å². The summed E-state index contributed by atoms with van der Waals surface area (Å²) < 4.78 is 21.0. The van der Waals surface area contributed by atoms with Crippen LogP contribution in [0.25, 0.3) is 11.4 Å². The minimum absolute atomic E-state index is 0.00590. The molecule has 0 saturated carbocycles. The Morgan fingerprint density at radius 3 is 3.05 bits per heavy atom. The summed E-state index contributed by atoms with van der Waals surface area (Å²) in [5.41, 5.74) is 6.48. The second kappa shape index (κ2) is 4.58. The van der Waals surface area contributed by atoms with Gasteiger partial charge < -0.3 is 10.5 Å². The van der Waals surface area contributed by atoms with E-state index in [2.05, 4.69) is 15.5 Å². The number of ether oxygens (including phenoxy) is 1. The SMILES string of the molecule is CC1OCCC1n1nnnc1-c1cc(N)ccc1F. The maximum absolute atomic E-state index is 13.9. The summed E-state index contributed by atoms with van der Waals surface area (Å²) in [6, 6.07) is 4.38. The maximum Gasteiger partial charge on any atom is 0.185 e. The van der Waals surface area contributed by atoms with Crippen molar-refractivity contribution in [1.82, 2.24) is 20.2 Å². The van der Waals surface area contributed by atoms with E-state index in [1.807, 2.05) is 6.92 Å². The lowest BCUT2D eigenvalue weighted by Gasteiger charge is -2.15. The highest BCUT2D eigenvalue weighted by atomic mass is 19.1. The molecule has 7 heteroatoms. The molecule has 0 aliphatic carbocycles. The standard InChI is InChI=1S/C12H14FN5O/c1-7-11(4-5-19-7)18-12(15-16-17-18)9-6-8(14)2-3-10(9)13/h2-3,6-7,11H,4-5,14H2,1H3. The molecule has 1 aliphatic rings. The molecule has 2 unspecified atom stereocenters. The van der Waals surface area contributed by atoms with E-state index in [-0.39, 0.29) is 12.1 Å². The third-order valence-electron chi connectivity index (χ3n) is 3.37. The fourth-order valence-corrected chi connectivity index (χ4v) is 2.35. The van der Waals surface area contributed by atoms with Crippen molar-refractivity contribution >= 4 is 5.69 Å². The Bertz CT molecular complexity index is 600. The van der Waals surface area contributed by atoms with Gasteiger partial charge in [-0.3, -0.25) is 0 Å². The van der Waals surface area contributed by atoms with Crippen LogP contribution >= 0.6 is 0 Å². The Morgan fingerprint density at radius 2 is 2.32 bits per heavy atom. The zero-order valence-corrected chi connectivity index (χ0v) is 10.5. The van der Waals surface area contributed by atoms with Crippen molar-refractivity contribution in [2.24, 2.45) is 0 Å². The van der Waals surface area contributed by atoms with E-state index in [0.717, 1.165) is 6.42 Å². The van der Waals surface area contributed by atoms with Gasteiger partial charge >= 0.3 is 0 Å². The van der Waals surface area contributed by atoms with Gasteiger partial charge in [-0.25, -0.2) is 9.07 Å². The van der Waals surface area contributed by atoms with Crippen LogP contribution in [0.2, 0.25) is 0 Å². The molecule has 3 rings (SSSR count). The lowest BCUT2D eigenvalue weighted by Crippen LogP contribution is -2.19. The minimum Gasteiger partial charge on any atom is -0.399 e. The molecule has 1 saturated heterocycles. The summed E-state index contributed by atoms with van der Waals surface area (Å²) in [7, 11) is 0. The lowest BCUT2D eigenvalue weighted by atomic mass is 10.1. The van der Waals surface area contributed by atoms with Gasteiger partial charge in [0.2, 0.25) is 0 Å². The van der Waals surface area contributed by atoms with Gasteiger partial charge in [0.25, 0.3) is 0 Å². The molecule has 0 bridgehead atoms. The smallest absolute Gasteiger partial charge is 0.185 e. The van der Waals surface area contributed by atoms with Gasteiger partial charge in [0.15, 0.2) is 5.82 Å². The van der Waals surface area contributed by atoms with E-state index in [0.29, 0.717) is 23.7 Å². The van der Waals surface area contributed by atoms with Crippen LogP contribution in [0.1, 0.15) is 19.4 Å². The van der Waals surface area contributed by atoms with Crippen molar-refractivity contribution in [1.29, 1.82) is 0 Å². The quantitative estimate of drug-likeness (QED) is 0.829. The molecule has 1 aromatic heterocycles. The molecular weight excluding hydrogens is 249 g/mol. The zero-order valence-electron chi connectivity index (χ0n) is 10.5. The van der Waals surface area contributed by atoms with Crippen molar-refractivity contribution in [3.8, 4) is 11.4 Å². The Kier molecular flexibility index (Phi) is 2.90. The fourth-order valence-electron chi connectivity index (χ4n) is 2.35. The number of hydrogen-bond donors (Lipinski definition) is 1. The van der Waals surface area contributed by atoms with E-state index in [1.165, 1.54) is 18.2 Å². The normalized spacial score (nSPS) is 22.8. The molecule has 100 valence electrons. The lowest BCUT2D eigenvalue weighted by molar-refractivity contribution is 0.105. The molecule has 6 nitrogen and oxygen atoms in total. The predicted octanol–water partition coefficient (Wildman–Crippen LogP) is 1.41. The molecule has 2 N–H and O–H groups in total. The molecule has 0 radical (unpaired) electrons. The Morgan fingerprint density at radius 1 is 1.47 bits per heavy atom. The first-order valence-electron chi connectivity index (χ1n) is 6.11. The number of nitrogens with two attached hydrogens (primary N) is 1. The van der Waals surface area contributed by atoms with Gasteiger partial charge in [-0.05, 0) is 42.0 Å². The van der Waals surface area contributed by atoms with Crippen molar-refractivity contribution < 1.29 is 9.13 Å². The summed E-state index contributed by atoms with van der Waals surface area (Å²) in [5.74, 6) is -0.0102. The van der Waals surface area contributed by atoms with Gasteiger partial charge in [-0.1, -0.05) is 0 Å². The molecule has 1 fully saturated rings. The number of halogens is 1. The topological polar surface area (TPSA) is 78.8 Å². The van der Waals surface area contributed by atoms with Gasteiger partial charge in [0, 0.05) is 12.3 Å². The number of tetrazole rings is 1. The summed E-state index contributed by atoms with van der Waals surface area (Å²) in [6.45, 7) is 2.61. The zero-order chi connectivity index (χ0) is 13.4. The van der Waals surface area contributed by atoms with E-state index >= 15 is 0 Å². The number of nitrogens with zero attached hydrogens (tertiary/aromatic N) is 4. The van der Waals surface area contributed by atoms with Crippen LogP contribution < -0.4 is 5.73 Å². The third-order valence-corrected chi connectivity index (χ3v) is 3.37. The average molecular weight is 263 g/mol. The summed E-state index contributed by atoms with van der Waals surface area (Å²) in [6.07, 6.45) is 0.815. The fraction of sp³-hybridized carbons (Fsp3) is 0.417. The number of benzene rings is 1. The first-order valence-corrected chi connectivity index (χ1v) is 6.11. The highest BCUT2D eigenvalue weighted by Gasteiger charge is 2.30. The van der Waals surface area contributed by atoms with Crippen LogP contribution in [0.15, 0.2) is 18.2 Å². The highest BCUT2D eigenvalue weighted by molar-refractivity contribution is 5.61. The average Bonchev–Trinajstić information content (AvgIpc) is 3.00. The van der Waals surface area contributed by atoms with Gasteiger partial charge in [0.1, 0.15) is 5.82 Å². The number of aromatic nitrogens is 4. The summed E-state index contributed by atoms with van der Waals surface area (Å²) >= 11 is 0. The van der Waals surface area contributed by atoms with Crippen LogP contribution in [0.5, 0.6) is 0 Å².